The largest absolute Gasteiger partial charge is 0.399 e. The van der Waals surface area contributed by atoms with E-state index in [4.69, 9.17) is 11.5 Å². The summed E-state index contributed by atoms with van der Waals surface area (Å²) in [6.07, 6.45) is 0. The van der Waals surface area contributed by atoms with Crippen LogP contribution in [0, 0.1) is 11.6 Å². The van der Waals surface area contributed by atoms with Crippen molar-refractivity contribution in [2.24, 2.45) is 5.73 Å². The first-order valence-electron chi connectivity index (χ1n) is 5.84. The van der Waals surface area contributed by atoms with E-state index >= 15 is 0 Å². The van der Waals surface area contributed by atoms with Gasteiger partial charge < -0.3 is 16.8 Å². The van der Waals surface area contributed by atoms with Crippen LogP contribution in [0.25, 0.3) is 0 Å². The number of primary amides is 1. The van der Waals surface area contributed by atoms with Crippen LogP contribution in [-0.2, 0) is 6.54 Å². The number of carbonyl (C=O) groups is 1. The van der Waals surface area contributed by atoms with E-state index in [9.17, 15) is 13.6 Å². The first-order chi connectivity index (χ1) is 9.47. The van der Waals surface area contributed by atoms with Gasteiger partial charge in [0.2, 0.25) is 0 Å². The maximum atomic E-state index is 13.5. The van der Waals surface area contributed by atoms with E-state index in [-0.39, 0.29) is 17.7 Å². The lowest BCUT2D eigenvalue weighted by Crippen LogP contribution is -2.15. The number of hydrogen-bond acceptors (Lipinski definition) is 3. The molecule has 2 rings (SSSR count). The average Bonchev–Trinajstić information content (AvgIpc) is 2.38. The number of carbonyl (C=O) groups excluding carboxylic acids is 1. The highest BCUT2D eigenvalue weighted by atomic mass is 19.1. The van der Waals surface area contributed by atoms with Crippen molar-refractivity contribution in [1.29, 1.82) is 0 Å². The lowest BCUT2D eigenvalue weighted by molar-refractivity contribution is 0.100. The predicted molar refractivity (Wildman–Crippen MR) is 73.1 cm³/mol. The van der Waals surface area contributed by atoms with Crippen LogP contribution in [0.4, 0.5) is 20.2 Å². The maximum absolute atomic E-state index is 13.5. The zero-order valence-electron chi connectivity index (χ0n) is 10.5. The Morgan fingerprint density at radius 3 is 2.55 bits per heavy atom. The minimum Gasteiger partial charge on any atom is -0.399 e. The highest BCUT2D eigenvalue weighted by molar-refractivity contribution is 5.99. The Balaban J connectivity index is 2.20. The summed E-state index contributed by atoms with van der Waals surface area (Å²) in [6, 6.07) is 7.91. The van der Waals surface area contributed by atoms with Crippen molar-refractivity contribution in [1.82, 2.24) is 0 Å². The molecule has 5 N–H and O–H groups in total. The van der Waals surface area contributed by atoms with E-state index in [0.717, 1.165) is 12.1 Å². The lowest BCUT2D eigenvalue weighted by Gasteiger charge is -2.11. The minimum atomic E-state index is -0.659. The first-order valence-corrected chi connectivity index (χ1v) is 5.84. The summed E-state index contributed by atoms with van der Waals surface area (Å²) in [5, 5.41) is 2.88. The van der Waals surface area contributed by atoms with Crippen LogP contribution in [0.5, 0.6) is 0 Å². The van der Waals surface area contributed by atoms with Crippen molar-refractivity contribution < 1.29 is 13.6 Å². The Hall–Kier alpha value is -2.63. The molecule has 1 amide bonds. The SMILES string of the molecule is NC(=O)c1cc(N)ccc1NCc1ccc(F)cc1F. The van der Waals surface area contributed by atoms with Gasteiger partial charge in [0.25, 0.3) is 5.91 Å². The van der Waals surface area contributed by atoms with Gasteiger partial charge in [0, 0.05) is 29.5 Å². The lowest BCUT2D eigenvalue weighted by atomic mass is 10.1. The smallest absolute Gasteiger partial charge is 0.250 e. The Kier molecular flexibility index (Phi) is 3.84. The van der Waals surface area contributed by atoms with Crippen LogP contribution in [0.3, 0.4) is 0 Å². The molecular formula is C14H13F2N3O. The van der Waals surface area contributed by atoms with E-state index in [1.165, 1.54) is 12.1 Å². The van der Waals surface area contributed by atoms with Gasteiger partial charge in [-0.1, -0.05) is 6.07 Å². The van der Waals surface area contributed by atoms with E-state index < -0.39 is 17.5 Å². The minimum absolute atomic E-state index is 0.0936. The van der Waals surface area contributed by atoms with E-state index in [1.54, 1.807) is 12.1 Å². The molecular weight excluding hydrogens is 264 g/mol. The van der Waals surface area contributed by atoms with Crippen molar-refractivity contribution in [3.8, 4) is 0 Å². The van der Waals surface area contributed by atoms with Gasteiger partial charge in [-0.3, -0.25) is 4.79 Å². The Bertz CT molecular complexity index is 659. The molecule has 0 atom stereocenters. The fraction of sp³-hybridized carbons (Fsp3) is 0.0714. The van der Waals surface area contributed by atoms with Crippen LogP contribution >= 0.6 is 0 Å². The average molecular weight is 277 g/mol. The van der Waals surface area contributed by atoms with Gasteiger partial charge in [-0.2, -0.15) is 0 Å². The monoisotopic (exact) mass is 277 g/mol. The fourth-order valence-electron chi connectivity index (χ4n) is 1.78. The number of benzene rings is 2. The number of rotatable bonds is 4. The van der Waals surface area contributed by atoms with Gasteiger partial charge >= 0.3 is 0 Å². The zero-order valence-corrected chi connectivity index (χ0v) is 10.5. The van der Waals surface area contributed by atoms with Gasteiger partial charge in [0.15, 0.2) is 0 Å². The van der Waals surface area contributed by atoms with Crippen molar-refractivity contribution in [2.75, 3.05) is 11.1 Å². The second-order valence-electron chi connectivity index (χ2n) is 4.26. The highest BCUT2D eigenvalue weighted by Gasteiger charge is 2.10. The second-order valence-corrected chi connectivity index (χ2v) is 4.26. The molecule has 0 saturated heterocycles. The summed E-state index contributed by atoms with van der Waals surface area (Å²) >= 11 is 0. The second kappa shape index (κ2) is 5.56. The third kappa shape index (κ3) is 3.03. The number of amides is 1. The normalized spacial score (nSPS) is 10.3. The molecule has 2 aromatic rings. The maximum Gasteiger partial charge on any atom is 0.250 e. The Morgan fingerprint density at radius 1 is 1.15 bits per heavy atom. The first kappa shape index (κ1) is 13.8. The standard InChI is InChI=1S/C14H13F2N3O/c15-9-2-1-8(12(16)5-9)7-19-13-4-3-10(17)6-11(13)14(18)20/h1-6,19H,7,17H2,(H2,18,20). The molecule has 6 heteroatoms. The zero-order chi connectivity index (χ0) is 14.7. The molecule has 0 bridgehead atoms. The number of anilines is 2. The molecule has 104 valence electrons. The topological polar surface area (TPSA) is 81.1 Å². The van der Waals surface area contributed by atoms with E-state index in [2.05, 4.69) is 5.32 Å². The van der Waals surface area contributed by atoms with Crippen molar-refractivity contribution in [2.45, 2.75) is 6.54 Å². The van der Waals surface area contributed by atoms with Crippen LogP contribution in [0.1, 0.15) is 15.9 Å². The highest BCUT2D eigenvalue weighted by Crippen LogP contribution is 2.20. The molecule has 0 saturated carbocycles. The van der Waals surface area contributed by atoms with E-state index in [1.807, 2.05) is 0 Å². The van der Waals surface area contributed by atoms with Crippen LogP contribution in [-0.4, -0.2) is 5.91 Å². The molecule has 0 aliphatic rings. The van der Waals surface area contributed by atoms with Crippen LogP contribution < -0.4 is 16.8 Å². The van der Waals surface area contributed by atoms with Gasteiger partial charge in [-0.15, -0.1) is 0 Å². The molecule has 0 fully saturated rings. The number of nitrogens with one attached hydrogen (secondary N) is 1. The molecule has 0 aromatic heterocycles. The number of hydrogen-bond donors (Lipinski definition) is 3. The Labute approximate surface area is 114 Å². The van der Waals surface area contributed by atoms with Gasteiger partial charge in [-0.25, -0.2) is 8.78 Å². The summed E-state index contributed by atoms with van der Waals surface area (Å²) in [4.78, 5) is 11.3. The number of halogens is 2. The molecule has 0 aliphatic carbocycles. The van der Waals surface area contributed by atoms with Gasteiger partial charge in [0.05, 0.1) is 5.56 Å². The summed E-state index contributed by atoms with van der Waals surface area (Å²) in [5.41, 5.74) is 12.2. The molecule has 20 heavy (non-hydrogen) atoms. The Morgan fingerprint density at radius 2 is 1.90 bits per heavy atom. The van der Waals surface area contributed by atoms with Gasteiger partial charge in [-0.05, 0) is 24.3 Å². The van der Waals surface area contributed by atoms with Crippen LogP contribution in [0.2, 0.25) is 0 Å². The third-order valence-electron chi connectivity index (χ3n) is 2.79. The van der Waals surface area contributed by atoms with Crippen LogP contribution in [0.15, 0.2) is 36.4 Å². The summed E-state index contributed by atoms with van der Waals surface area (Å²) in [5.74, 6) is -1.94. The predicted octanol–water partition coefficient (Wildman–Crippen LogP) is 2.26. The molecule has 0 unspecified atom stereocenters. The molecule has 4 nitrogen and oxygen atoms in total. The molecule has 0 aliphatic heterocycles. The molecule has 0 radical (unpaired) electrons. The van der Waals surface area contributed by atoms with E-state index in [0.29, 0.717) is 11.4 Å². The molecule has 0 heterocycles. The fourth-order valence-corrected chi connectivity index (χ4v) is 1.78. The van der Waals surface area contributed by atoms with Crippen molar-refractivity contribution in [3.63, 3.8) is 0 Å². The molecule has 2 aromatic carbocycles. The van der Waals surface area contributed by atoms with Gasteiger partial charge in [0.1, 0.15) is 11.6 Å². The van der Waals surface area contributed by atoms with Crippen molar-refractivity contribution >= 4 is 17.3 Å². The summed E-state index contributed by atoms with van der Waals surface area (Å²) in [6.45, 7) is 0.0936. The summed E-state index contributed by atoms with van der Waals surface area (Å²) < 4.78 is 26.3. The van der Waals surface area contributed by atoms with Crippen molar-refractivity contribution in [3.05, 3.63) is 59.2 Å². The number of nitrogen functional groups attached to an aromatic ring is 1. The quantitative estimate of drug-likeness (QED) is 0.750. The molecule has 0 spiro atoms. The third-order valence-corrected chi connectivity index (χ3v) is 2.79. The number of nitrogens with two attached hydrogens (primary N) is 2. The summed E-state index contributed by atoms with van der Waals surface area (Å²) in [7, 11) is 0.